The number of carbonyl (C=O) groups excluding carboxylic acids is 1. The summed E-state index contributed by atoms with van der Waals surface area (Å²) in [6.45, 7) is 6.61. The molecule has 0 radical (unpaired) electrons. The molecule has 2 aromatic heterocycles. The maximum Gasteiger partial charge on any atom is 0.254 e. The van der Waals surface area contributed by atoms with Gasteiger partial charge < -0.3 is 10.4 Å². The van der Waals surface area contributed by atoms with Crippen molar-refractivity contribution in [1.29, 1.82) is 0 Å². The molecule has 2 heterocycles. The van der Waals surface area contributed by atoms with Crippen molar-refractivity contribution in [3.05, 3.63) is 35.4 Å². The number of nitrogens with one attached hydrogen (secondary N) is 1. The minimum atomic E-state index is -0.139. The summed E-state index contributed by atoms with van der Waals surface area (Å²) in [4.78, 5) is 12.5. The predicted molar refractivity (Wildman–Crippen MR) is 96.4 cm³/mol. The SMILES string of the molecule is CCC(CC)n1ncc(C(=O)NC[C@H](CO)Cc2cnn(C)c2)c1C. The molecule has 7 heteroatoms. The molecular weight excluding hydrogens is 318 g/mol. The lowest BCUT2D eigenvalue weighted by molar-refractivity contribution is 0.0939. The van der Waals surface area contributed by atoms with Crippen LogP contribution in [0.1, 0.15) is 54.3 Å². The second kappa shape index (κ2) is 8.80. The van der Waals surface area contributed by atoms with Crippen LogP contribution in [0.5, 0.6) is 0 Å². The normalized spacial score (nSPS) is 12.6. The lowest BCUT2D eigenvalue weighted by atomic mass is 10.0. The molecule has 0 aliphatic carbocycles. The first-order valence-corrected chi connectivity index (χ1v) is 8.90. The zero-order chi connectivity index (χ0) is 18.4. The summed E-state index contributed by atoms with van der Waals surface area (Å²) in [5.74, 6) is -0.179. The highest BCUT2D eigenvalue weighted by Crippen LogP contribution is 2.19. The van der Waals surface area contributed by atoms with Gasteiger partial charge in [0, 0.05) is 38.0 Å². The highest BCUT2D eigenvalue weighted by molar-refractivity contribution is 5.95. The molecule has 138 valence electrons. The van der Waals surface area contributed by atoms with E-state index in [4.69, 9.17) is 0 Å². The smallest absolute Gasteiger partial charge is 0.254 e. The Kier molecular flexibility index (Phi) is 6.75. The molecule has 0 fully saturated rings. The number of aromatic nitrogens is 4. The van der Waals surface area contributed by atoms with Gasteiger partial charge >= 0.3 is 0 Å². The third kappa shape index (κ3) is 4.69. The molecule has 1 atom stereocenters. The fraction of sp³-hybridized carbons (Fsp3) is 0.611. The first kappa shape index (κ1) is 19.2. The third-order valence-electron chi connectivity index (χ3n) is 4.67. The van der Waals surface area contributed by atoms with Crippen molar-refractivity contribution in [1.82, 2.24) is 24.9 Å². The van der Waals surface area contributed by atoms with Crippen LogP contribution < -0.4 is 5.32 Å². The zero-order valence-corrected chi connectivity index (χ0v) is 15.6. The molecule has 2 N–H and O–H groups in total. The number of aryl methyl sites for hydroxylation is 1. The van der Waals surface area contributed by atoms with Crippen molar-refractivity contribution in [2.45, 2.75) is 46.1 Å². The molecule has 0 aliphatic heterocycles. The van der Waals surface area contributed by atoms with E-state index in [-0.39, 0.29) is 18.4 Å². The summed E-state index contributed by atoms with van der Waals surface area (Å²) in [6, 6.07) is 0.317. The zero-order valence-electron chi connectivity index (χ0n) is 15.6. The Hall–Kier alpha value is -2.15. The Bertz CT molecular complexity index is 687. The Morgan fingerprint density at radius 3 is 2.56 bits per heavy atom. The largest absolute Gasteiger partial charge is 0.396 e. The summed E-state index contributed by atoms with van der Waals surface area (Å²) in [6.07, 6.45) is 7.99. The summed E-state index contributed by atoms with van der Waals surface area (Å²) < 4.78 is 3.67. The monoisotopic (exact) mass is 347 g/mol. The number of hydrogen-bond acceptors (Lipinski definition) is 4. The van der Waals surface area contributed by atoms with Crippen LogP contribution in [0.15, 0.2) is 18.6 Å². The lowest BCUT2D eigenvalue weighted by Crippen LogP contribution is -2.32. The van der Waals surface area contributed by atoms with E-state index < -0.39 is 0 Å². The summed E-state index contributed by atoms with van der Waals surface area (Å²) in [5.41, 5.74) is 2.54. The molecule has 0 aromatic carbocycles. The molecule has 1 amide bonds. The van der Waals surface area contributed by atoms with E-state index in [0.29, 0.717) is 24.6 Å². The van der Waals surface area contributed by atoms with Crippen molar-refractivity contribution in [3.63, 3.8) is 0 Å². The Morgan fingerprint density at radius 2 is 2.00 bits per heavy atom. The lowest BCUT2D eigenvalue weighted by Gasteiger charge is -2.16. The van der Waals surface area contributed by atoms with E-state index in [1.54, 1.807) is 17.1 Å². The van der Waals surface area contributed by atoms with Crippen LogP contribution in [0.4, 0.5) is 0 Å². The molecule has 2 rings (SSSR count). The van der Waals surface area contributed by atoms with E-state index in [9.17, 15) is 9.90 Å². The van der Waals surface area contributed by atoms with Gasteiger partial charge in [-0.25, -0.2) is 0 Å². The number of hydrogen-bond donors (Lipinski definition) is 2. The molecule has 0 saturated heterocycles. The van der Waals surface area contributed by atoms with Crippen LogP contribution in [0.2, 0.25) is 0 Å². The van der Waals surface area contributed by atoms with E-state index in [1.165, 1.54) is 0 Å². The van der Waals surface area contributed by atoms with Gasteiger partial charge in [-0.05, 0) is 31.7 Å². The van der Waals surface area contributed by atoms with Crippen LogP contribution in [-0.2, 0) is 13.5 Å². The average Bonchev–Trinajstić information content (AvgIpc) is 3.18. The molecule has 2 aromatic rings. The van der Waals surface area contributed by atoms with E-state index in [1.807, 2.05) is 24.9 Å². The maximum absolute atomic E-state index is 12.5. The van der Waals surface area contributed by atoms with E-state index in [0.717, 1.165) is 24.1 Å². The molecule has 25 heavy (non-hydrogen) atoms. The maximum atomic E-state index is 12.5. The van der Waals surface area contributed by atoms with Crippen molar-refractivity contribution in [2.24, 2.45) is 13.0 Å². The van der Waals surface area contributed by atoms with Gasteiger partial charge in [0.1, 0.15) is 0 Å². The number of rotatable bonds is 9. The van der Waals surface area contributed by atoms with Crippen molar-refractivity contribution >= 4 is 5.91 Å². The molecule has 0 saturated carbocycles. The van der Waals surface area contributed by atoms with Crippen LogP contribution in [0.3, 0.4) is 0 Å². The molecular formula is C18H29N5O2. The van der Waals surface area contributed by atoms with Gasteiger partial charge in [0.05, 0.1) is 24.0 Å². The topological polar surface area (TPSA) is 85.0 Å². The molecule has 0 spiro atoms. The van der Waals surface area contributed by atoms with Gasteiger partial charge in [0.15, 0.2) is 0 Å². The van der Waals surface area contributed by atoms with E-state index in [2.05, 4.69) is 29.4 Å². The Morgan fingerprint density at radius 1 is 1.28 bits per heavy atom. The van der Waals surface area contributed by atoms with Gasteiger partial charge in [-0.3, -0.25) is 14.2 Å². The van der Waals surface area contributed by atoms with E-state index >= 15 is 0 Å². The van der Waals surface area contributed by atoms with Crippen molar-refractivity contribution in [3.8, 4) is 0 Å². The first-order chi connectivity index (χ1) is 12.0. The second-order valence-electron chi connectivity index (χ2n) is 6.54. The number of aliphatic hydroxyl groups excluding tert-OH is 1. The number of carbonyl (C=O) groups is 1. The van der Waals surface area contributed by atoms with Gasteiger partial charge in [-0.1, -0.05) is 13.8 Å². The number of nitrogens with zero attached hydrogens (tertiary/aromatic N) is 4. The van der Waals surface area contributed by atoms with Crippen LogP contribution >= 0.6 is 0 Å². The van der Waals surface area contributed by atoms with Crippen molar-refractivity contribution < 1.29 is 9.90 Å². The number of amides is 1. The van der Waals surface area contributed by atoms with Crippen LogP contribution in [0, 0.1) is 12.8 Å². The summed E-state index contributed by atoms with van der Waals surface area (Å²) in [5, 5.41) is 21.0. The Balaban J connectivity index is 1.97. The van der Waals surface area contributed by atoms with Crippen LogP contribution in [0.25, 0.3) is 0 Å². The predicted octanol–water partition coefficient (Wildman–Crippen LogP) is 1.87. The minimum absolute atomic E-state index is 0.0150. The summed E-state index contributed by atoms with van der Waals surface area (Å²) in [7, 11) is 1.86. The van der Waals surface area contributed by atoms with Gasteiger partial charge in [-0.15, -0.1) is 0 Å². The molecule has 0 bridgehead atoms. The standard InChI is InChI=1S/C18H29N5O2/c1-5-16(6-2)23-13(3)17(10-21-23)18(25)19-8-15(12-24)7-14-9-20-22(4)11-14/h9-11,15-16,24H,5-8,12H2,1-4H3,(H,19,25)/t15-/m1/s1. The molecule has 7 nitrogen and oxygen atoms in total. The minimum Gasteiger partial charge on any atom is -0.396 e. The third-order valence-corrected chi connectivity index (χ3v) is 4.67. The van der Waals surface area contributed by atoms with Gasteiger partial charge in [0.25, 0.3) is 5.91 Å². The van der Waals surface area contributed by atoms with Gasteiger partial charge in [-0.2, -0.15) is 10.2 Å². The molecule has 0 unspecified atom stereocenters. The Labute approximate surface area is 149 Å². The average molecular weight is 347 g/mol. The molecule has 0 aliphatic rings. The fourth-order valence-electron chi connectivity index (χ4n) is 3.09. The van der Waals surface area contributed by atoms with Crippen molar-refractivity contribution in [2.75, 3.05) is 13.2 Å². The number of aliphatic hydroxyl groups is 1. The summed E-state index contributed by atoms with van der Waals surface area (Å²) >= 11 is 0. The van der Waals surface area contributed by atoms with Gasteiger partial charge in [0.2, 0.25) is 0 Å². The highest BCUT2D eigenvalue weighted by atomic mass is 16.3. The van der Waals surface area contributed by atoms with Crippen LogP contribution in [-0.4, -0.2) is 43.7 Å². The highest BCUT2D eigenvalue weighted by Gasteiger charge is 2.19. The second-order valence-corrected chi connectivity index (χ2v) is 6.54. The fourth-order valence-corrected chi connectivity index (χ4v) is 3.09. The quantitative estimate of drug-likeness (QED) is 0.725. The first-order valence-electron chi connectivity index (χ1n) is 8.90.